The SMILES string of the molecule is [2H]C([2H])(C)c1ccc(-c2cc3c(nc2C)oc2ccccc23)[n+](C)c1. The third kappa shape index (κ3) is 2.20. The van der Waals surface area contributed by atoms with Gasteiger partial charge in [0.2, 0.25) is 11.4 Å². The second-order valence-electron chi connectivity index (χ2n) is 5.74. The molecule has 3 nitrogen and oxygen atoms in total. The van der Waals surface area contributed by atoms with Crippen LogP contribution in [0, 0.1) is 6.92 Å². The van der Waals surface area contributed by atoms with Crippen molar-refractivity contribution in [3.8, 4) is 11.3 Å². The Bertz CT molecular complexity index is 1110. The molecule has 0 saturated carbocycles. The van der Waals surface area contributed by atoms with Crippen molar-refractivity contribution >= 4 is 22.1 Å². The van der Waals surface area contributed by atoms with Crippen molar-refractivity contribution in [3.05, 3.63) is 59.9 Å². The molecule has 0 radical (unpaired) electrons. The molecule has 0 spiro atoms. The number of aryl methyl sites for hydroxylation is 3. The molecule has 114 valence electrons. The standard InChI is InChI=1S/C20H19N2O/c1-4-14-9-10-18(22(3)12-14)16-11-17-15-7-5-6-8-19(15)23-20(17)21-13(16)2/h5-12H,4H2,1-3H3/q+1/i4D2. The Balaban J connectivity index is 1.94. The number of furan rings is 1. The predicted octanol–water partition coefficient (Wildman–Crippen LogP) is 4.34. The highest BCUT2D eigenvalue weighted by Crippen LogP contribution is 2.31. The minimum absolute atomic E-state index is 0.645. The molecule has 0 saturated heterocycles. The molecule has 3 aromatic heterocycles. The minimum Gasteiger partial charge on any atom is -0.438 e. The first kappa shape index (κ1) is 11.8. The van der Waals surface area contributed by atoms with Gasteiger partial charge in [0.25, 0.3) is 0 Å². The maximum absolute atomic E-state index is 7.89. The van der Waals surface area contributed by atoms with E-state index in [4.69, 9.17) is 7.16 Å². The van der Waals surface area contributed by atoms with Crippen molar-refractivity contribution in [2.24, 2.45) is 7.05 Å². The Hall–Kier alpha value is -2.68. The van der Waals surface area contributed by atoms with Crippen molar-refractivity contribution in [2.45, 2.75) is 20.2 Å². The van der Waals surface area contributed by atoms with Crippen molar-refractivity contribution in [3.63, 3.8) is 0 Å². The molecule has 0 aliphatic heterocycles. The van der Waals surface area contributed by atoms with Crippen LogP contribution in [0.1, 0.15) is 20.9 Å². The van der Waals surface area contributed by atoms with Gasteiger partial charge in [0.05, 0.1) is 11.3 Å². The molecule has 1 aromatic carbocycles. The van der Waals surface area contributed by atoms with E-state index >= 15 is 0 Å². The summed E-state index contributed by atoms with van der Waals surface area (Å²) in [5.41, 5.74) is 5.02. The van der Waals surface area contributed by atoms with Crippen LogP contribution in [0.4, 0.5) is 0 Å². The Morgan fingerprint density at radius 2 is 2.00 bits per heavy atom. The number of rotatable bonds is 2. The average molecular weight is 305 g/mol. The molecule has 0 amide bonds. The second kappa shape index (κ2) is 5.20. The first-order chi connectivity index (χ1) is 11.8. The maximum Gasteiger partial charge on any atom is 0.227 e. The molecule has 0 aliphatic rings. The van der Waals surface area contributed by atoms with E-state index in [1.54, 1.807) is 6.92 Å². The lowest BCUT2D eigenvalue weighted by atomic mass is 10.1. The highest BCUT2D eigenvalue weighted by atomic mass is 16.3. The van der Waals surface area contributed by atoms with E-state index in [1.807, 2.05) is 61.1 Å². The van der Waals surface area contributed by atoms with Crippen molar-refractivity contribution in [1.29, 1.82) is 0 Å². The lowest BCUT2D eigenvalue weighted by molar-refractivity contribution is -0.660. The van der Waals surface area contributed by atoms with E-state index < -0.39 is 6.37 Å². The third-order valence-corrected chi connectivity index (χ3v) is 4.26. The van der Waals surface area contributed by atoms with Crippen molar-refractivity contribution in [2.75, 3.05) is 0 Å². The topological polar surface area (TPSA) is 29.9 Å². The van der Waals surface area contributed by atoms with Gasteiger partial charge in [0.15, 0.2) is 6.20 Å². The summed E-state index contributed by atoms with van der Waals surface area (Å²) in [5, 5.41) is 2.04. The Morgan fingerprint density at radius 1 is 1.17 bits per heavy atom. The van der Waals surface area contributed by atoms with Gasteiger partial charge in [-0.05, 0) is 31.5 Å². The molecule has 4 aromatic rings. The van der Waals surface area contributed by atoms with E-state index in [0.717, 1.165) is 33.3 Å². The summed E-state index contributed by atoms with van der Waals surface area (Å²) >= 11 is 0. The summed E-state index contributed by atoms with van der Waals surface area (Å²) in [7, 11) is 1.93. The molecule has 0 unspecified atom stereocenters. The van der Waals surface area contributed by atoms with E-state index in [-0.39, 0.29) is 0 Å². The fourth-order valence-electron chi connectivity index (χ4n) is 3.03. The second-order valence-corrected chi connectivity index (χ2v) is 5.74. The predicted molar refractivity (Wildman–Crippen MR) is 92.2 cm³/mol. The molecular weight excluding hydrogens is 284 g/mol. The van der Waals surface area contributed by atoms with Gasteiger partial charge in [-0.15, -0.1) is 0 Å². The van der Waals surface area contributed by atoms with Gasteiger partial charge >= 0.3 is 0 Å². The Morgan fingerprint density at radius 3 is 2.78 bits per heavy atom. The molecule has 3 heteroatoms. The van der Waals surface area contributed by atoms with Gasteiger partial charge < -0.3 is 4.42 Å². The summed E-state index contributed by atoms with van der Waals surface area (Å²) in [6.07, 6.45) is 0.473. The molecule has 0 fully saturated rings. The first-order valence-electron chi connectivity index (χ1n) is 8.64. The van der Waals surface area contributed by atoms with Crippen LogP contribution in [0.15, 0.2) is 53.1 Å². The normalized spacial score (nSPS) is 13.3. The number of pyridine rings is 2. The van der Waals surface area contributed by atoms with Crippen LogP contribution in [-0.2, 0) is 13.4 Å². The van der Waals surface area contributed by atoms with Crippen LogP contribution < -0.4 is 4.57 Å². The summed E-state index contributed by atoms with van der Waals surface area (Å²) in [4.78, 5) is 4.65. The number of para-hydroxylation sites is 1. The zero-order valence-electron chi connectivity index (χ0n) is 15.4. The van der Waals surface area contributed by atoms with Gasteiger partial charge in [-0.25, -0.2) is 9.55 Å². The monoisotopic (exact) mass is 305 g/mol. The molecule has 4 rings (SSSR count). The lowest BCUT2D eigenvalue weighted by Gasteiger charge is -2.05. The molecular formula is C20H19N2O+. The number of nitrogens with zero attached hydrogens (tertiary/aromatic N) is 2. The third-order valence-electron chi connectivity index (χ3n) is 4.26. The van der Waals surface area contributed by atoms with Crippen LogP contribution >= 0.6 is 0 Å². The molecule has 0 bridgehead atoms. The molecule has 0 atom stereocenters. The number of hydrogen-bond acceptors (Lipinski definition) is 2. The highest BCUT2D eigenvalue weighted by molar-refractivity contribution is 6.04. The highest BCUT2D eigenvalue weighted by Gasteiger charge is 2.17. The summed E-state index contributed by atoms with van der Waals surface area (Å²) < 4.78 is 23.6. The van der Waals surface area contributed by atoms with Crippen molar-refractivity contribution < 1.29 is 11.7 Å². The van der Waals surface area contributed by atoms with Crippen LogP contribution in [0.25, 0.3) is 33.3 Å². The van der Waals surface area contributed by atoms with Gasteiger partial charge in [-0.1, -0.05) is 25.1 Å². The van der Waals surface area contributed by atoms with E-state index in [2.05, 4.69) is 11.1 Å². The average Bonchev–Trinajstić information content (AvgIpc) is 2.90. The van der Waals surface area contributed by atoms with Crippen LogP contribution in [0.3, 0.4) is 0 Å². The molecule has 0 aliphatic carbocycles. The van der Waals surface area contributed by atoms with Crippen molar-refractivity contribution in [1.82, 2.24) is 4.98 Å². The number of hydrogen-bond donors (Lipinski definition) is 0. The van der Waals surface area contributed by atoms with Gasteiger partial charge in [-0.3, -0.25) is 0 Å². The van der Waals surface area contributed by atoms with Gasteiger partial charge in [0.1, 0.15) is 12.6 Å². The van der Waals surface area contributed by atoms with Gasteiger partial charge in [-0.2, -0.15) is 0 Å². The van der Waals surface area contributed by atoms with Crippen LogP contribution in [0.2, 0.25) is 0 Å². The van der Waals surface area contributed by atoms with E-state index in [0.29, 0.717) is 11.3 Å². The molecule has 0 N–H and O–H groups in total. The first-order valence-corrected chi connectivity index (χ1v) is 7.64. The number of benzene rings is 1. The fourth-order valence-corrected chi connectivity index (χ4v) is 3.03. The largest absolute Gasteiger partial charge is 0.438 e. The van der Waals surface area contributed by atoms with E-state index in [9.17, 15) is 0 Å². The summed E-state index contributed by atoms with van der Waals surface area (Å²) in [5.74, 6) is 0. The molecule has 23 heavy (non-hydrogen) atoms. The Kier molecular flexibility index (Phi) is 2.67. The van der Waals surface area contributed by atoms with Gasteiger partial charge in [0, 0.05) is 25.1 Å². The number of fused-ring (bicyclic) bond motifs is 3. The van der Waals surface area contributed by atoms with Crippen LogP contribution in [0.5, 0.6) is 0 Å². The Labute approximate surface area is 138 Å². The lowest BCUT2D eigenvalue weighted by Crippen LogP contribution is -2.31. The zero-order chi connectivity index (χ0) is 17.8. The fraction of sp³-hybridized carbons (Fsp3) is 0.200. The molecule has 3 heterocycles. The summed E-state index contributed by atoms with van der Waals surface area (Å²) in [6.45, 7) is 3.54. The van der Waals surface area contributed by atoms with E-state index in [1.165, 1.54) is 0 Å². The minimum atomic E-state index is -1.37. The number of aromatic nitrogens is 2. The summed E-state index contributed by atoms with van der Waals surface area (Å²) in [6, 6.07) is 13.8. The maximum atomic E-state index is 7.89. The zero-order valence-corrected chi connectivity index (χ0v) is 13.4. The van der Waals surface area contributed by atoms with Crippen LogP contribution in [-0.4, -0.2) is 4.98 Å². The quantitative estimate of drug-likeness (QED) is 0.516. The smallest absolute Gasteiger partial charge is 0.227 e.